The van der Waals surface area contributed by atoms with Gasteiger partial charge in [0.2, 0.25) is 5.89 Å². The summed E-state index contributed by atoms with van der Waals surface area (Å²) in [4.78, 5) is 4.68. The number of hydrogen-bond donors (Lipinski definition) is 1. The van der Waals surface area contributed by atoms with Crippen molar-refractivity contribution in [1.82, 2.24) is 4.98 Å². The lowest BCUT2D eigenvalue weighted by Crippen LogP contribution is -2.11. The van der Waals surface area contributed by atoms with Crippen LogP contribution in [0, 0.1) is 0 Å². The molecule has 1 atom stereocenters. The van der Waals surface area contributed by atoms with Crippen molar-refractivity contribution in [3.8, 4) is 0 Å². The molecule has 4 heteroatoms. The number of anilines is 1. The van der Waals surface area contributed by atoms with Gasteiger partial charge < -0.3 is 10.2 Å². The van der Waals surface area contributed by atoms with E-state index in [4.69, 9.17) is 10.2 Å². The van der Waals surface area contributed by atoms with Crippen LogP contribution >= 0.6 is 15.9 Å². The number of benzene rings is 2. The van der Waals surface area contributed by atoms with E-state index in [2.05, 4.69) is 45.2 Å². The fourth-order valence-corrected chi connectivity index (χ4v) is 3.66. The van der Waals surface area contributed by atoms with E-state index in [1.165, 1.54) is 17.5 Å². The molecule has 0 radical (unpaired) electrons. The summed E-state index contributed by atoms with van der Waals surface area (Å²) in [5.41, 5.74) is 10.9. The van der Waals surface area contributed by atoms with Gasteiger partial charge in [-0.05, 0) is 42.5 Å². The molecule has 0 saturated heterocycles. The van der Waals surface area contributed by atoms with E-state index in [1.807, 2.05) is 12.1 Å². The van der Waals surface area contributed by atoms with Crippen LogP contribution in [0.15, 0.2) is 45.3 Å². The zero-order valence-electron chi connectivity index (χ0n) is 11.5. The van der Waals surface area contributed by atoms with E-state index >= 15 is 0 Å². The summed E-state index contributed by atoms with van der Waals surface area (Å²) in [6.45, 7) is 0. The number of aromatic nitrogens is 1. The molecule has 0 aliphatic heterocycles. The van der Waals surface area contributed by atoms with Crippen molar-refractivity contribution in [2.75, 3.05) is 5.73 Å². The highest BCUT2D eigenvalue weighted by Crippen LogP contribution is 2.38. The standard InChI is InChI=1S/C17H15BrN2O/c18-11-8-14(19)16-15(9-11)20-17(21-16)13-7-3-5-10-4-1-2-6-12(10)13/h1-2,4,6,8-9,13H,3,5,7,19H2. The van der Waals surface area contributed by atoms with Gasteiger partial charge in [0, 0.05) is 4.47 Å². The quantitative estimate of drug-likeness (QED) is 0.655. The van der Waals surface area contributed by atoms with Gasteiger partial charge in [0.1, 0.15) is 5.52 Å². The molecule has 3 aromatic rings. The van der Waals surface area contributed by atoms with Crippen molar-refractivity contribution in [1.29, 1.82) is 0 Å². The summed E-state index contributed by atoms with van der Waals surface area (Å²) in [5, 5.41) is 0. The summed E-state index contributed by atoms with van der Waals surface area (Å²) in [5.74, 6) is 1.02. The zero-order valence-corrected chi connectivity index (χ0v) is 13.1. The van der Waals surface area contributed by atoms with Gasteiger partial charge in [-0.2, -0.15) is 0 Å². The molecule has 1 unspecified atom stereocenters. The average Bonchev–Trinajstić information content (AvgIpc) is 2.90. The summed E-state index contributed by atoms with van der Waals surface area (Å²) >= 11 is 3.45. The summed E-state index contributed by atoms with van der Waals surface area (Å²) in [7, 11) is 0. The number of rotatable bonds is 1. The Morgan fingerprint density at radius 3 is 3.00 bits per heavy atom. The molecule has 0 saturated carbocycles. The van der Waals surface area contributed by atoms with Crippen LogP contribution in [0.25, 0.3) is 11.1 Å². The molecule has 1 aliphatic carbocycles. The largest absolute Gasteiger partial charge is 0.438 e. The number of nitrogen functional groups attached to an aromatic ring is 1. The predicted molar refractivity (Wildman–Crippen MR) is 87.3 cm³/mol. The molecule has 1 aliphatic rings. The summed E-state index contributed by atoms with van der Waals surface area (Å²) in [6, 6.07) is 12.4. The van der Waals surface area contributed by atoms with Crippen molar-refractivity contribution >= 4 is 32.7 Å². The first kappa shape index (κ1) is 12.9. The van der Waals surface area contributed by atoms with Crippen LogP contribution in [0.1, 0.15) is 35.8 Å². The number of oxazole rings is 1. The molecule has 0 spiro atoms. The van der Waals surface area contributed by atoms with Crippen LogP contribution in [-0.4, -0.2) is 4.98 Å². The van der Waals surface area contributed by atoms with E-state index in [1.54, 1.807) is 0 Å². The second-order valence-electron chi connectivity index (χ2n) is 5.54. The van der Waals surface area contributed by atoms with E-state index in [-0.39, 0.29) is 5.92 Å². The molecular weight excluding hydrogens is 328 g/mol. The summed E-state index contributed by atoms with van der Waals surface area (Å²) in [6.07, 6.45) is 3.38. The van der Waals surface area contributed by atoms with Gasteiger partial charge in [0.05, 0.1) is 11.6 Å². The highest BCUT2D eigenvalue weighted by atomic mass is 79.9. The molecule has 0 fully saturated rings. The Kier molecular flexibility index (Phi) is 3.00. The first-order valence-electron chi connectivity index (χ1n) is 7.15. The lowest BCUT2D eigenvalue weighted by Gasteiger charge is -2.22. The van der Waals surface area contributed by atoms with Crippen LogP contribution in [-0.2, 0) is 6.42 Å². The van der Waals surface area contributed by atoms with Crippen molar-refractivity contribution in [2.24, 2.45) is 0 Å². The van der Waals surface area contributed by atoms with Crippen LogP contribution in [0.4, 0.5) is 5.69 Å². The molecule has 106 valence electrons. The topological polar surface area (TPSA) is 52.0 Å². The highest BCUT2D eigenvalue weighted by molar-refractivity contribution is 9.10. The average molecular weight is 343 g/mol. The van der Waals surface area contributed by atoms with Crippen LogP contribution in [0.5, 0.6) is 0 Å². The zero-order chi connectivity index (χ0) is 14.4. The molecule has 2 aromatic carbocycles. The Morgan fingerprint density at radius 2 is 2.10 bits per heavy atom. The van der Waals surface area contributed by atoms with Gasteiger partial charge in [-0.1, -0.05) is 40.2 Å². The molecule has 4 rings (SSSR count). The monoisotopic (exact) mass is 342 g/mol. The van der Waals surface area contributed by atoms with Crippen molar-refractivity contribution in [3.05, 3.63) is 57.9 Å². The number of nitrogens with zero attached hydrogens (tertiary/aromatic N) is 1. The SMILES string of the molecule is Nc1cc(Br)cc2nc(C3CCCc4ccccc43)oc12. The smallest absolute Gasteiger partial charge is 0.203 e. The molecule has 3 nitrogen and oxygen atoms in total. The second kappa shape index (κ2) is 4.88. The number of nitrogens with two attached hydrogens (primary N) is 1. The fraction of sp³-hybridized carbons (Fsp3) is 0.235. The van der Waals surface area contributed by atoms with Gasteiger partial charge in [-0.25, -0.2) is 4.98 Å². The third kappa shape index (κ3) is 2.14. The maximum atomic E-state index is 6.03. The van der Waals surface area contributed by atoms with E-state index in [0.29, 0.717) is 11.3 Å². The normalized spacial score (nSPS) is 17.9. The van der Waals surface area contributed by atoms with Gasteiger partial charge >= 0.3 is 0 Å². The van der Waals surface area contributed by atoms with Crippen LogP contribution < -0.4 is 5.73 Å². The number of aryl methyl sites for hydroxylation is 1. The third-order valence-electron chi connectivity index (χ3n) is 4.17. The maximum absolute atomic E-state index is 6.03. The minimum absolute atomic E-state index is 0.237. The van der Waals surface area contributed by atoms with Gasteiger partial charge in [0.15, 0.2) is 5.58 Å². The van der Waals surface area contributed by atoms with Crippen molar-refractivity contribution < 1.29 is 4.42 Å². The van der Waals surface area contributed by atoms with Gasteiger partial charge in [-0.3, -0.25) is 0 Å². The molecule has 0 bridgehead atoms. The predicted octanol–water partition coefficient (Wildman–Crippen LogP) is 4.64. The number of halogens is 1. The first-order valence-corrected chi connectivity index (χ1v) is 7.95. The minimum Gasteiger partial charge on any atom is -0.438 e. The maximum Gasteiger partial charge on any atom is 0.203 e. The van der Waals surface area contributed by atoms with E-state index < -0.39 is 0 Å². The fourth-order valence-electron chi connectivity index (χ4n) is 3.20. The van der Waals surface area contributed by atoms with Crippen LogP contribution in [0.2, 0.25) is 0 Å². The molecule has 21 heavy (non-hydrogen) atoms. The second-order valence-corrected chi connectivity index (χ2v) is 6.45. The van der Waals surface area contributed by atoms with Gasteiger partial charge in [-0.15, -0.1) is 0 Å². The third-order valence-corrected chi connectivity index (χ3v) is 4.63. The number of hydrogen-bond acceptors (Lipinski definition) is 3. The Hall–Kier alpha value is -1.81. The molecule has 0 amide bonds. The van der Waals surface area contributed by atoms with Crippen molar-refractivity contribution in [2.45, 2.75) is 25.2 Å². The van der Waals surface area contributed by atoms with E-state index in [0.717, 1.165) is 28.7 Å². The number of fused-ring (bicyclic) bond motifs is 2. The molecule has 2 N–H and O–H groups in total. The highest BCUT2D eigenvalue weighted by Gasteiger charge is 2.26. The van der Waals surface area contributed by atoms with Crippen LogP contribution in [0.3, 0.4) is 0 Å². The Bertz CT molecular complexity index is 825. The Balaban J connectivity index is 1.86. The first-order chi connectivity index (χ1) is 10.2. The molecule has 1 aromatic heterocycles. The molecular formula is C17H15BrN2O. The summed E-state index contributed by atoms with van der Waals surface area (Å²) < 4.78 is 6.92. The minimum atomic E-state index is 0.237. The Morgan fingerprint density at radius 1 is 1.24 bits per heavy atom. The van der Waals surface area contributed by atoms with Gasteiger partial charge in [0.25, 0.3) is 0 Å². The van der Waals surface area contributed by atoms with E-state index in [9.17, 15) is 0 Å². The lowest BCUT2D eigenvalue weighted by molar-refractivity contribution is 0.465. The van der Waals surface area contributed by atoms with Crippen molar-refractivity contribution in [3.63, 3.8) is 0 Å². The lowest BCUT2D eigenvalue weighted by atomic mass is 9.83. The Labute approximate surface area is 131 Å². The molecule has 1 heterocycles.